The van der Waals surface area contributed by atoms with Gasteiger partial charge in [0.2, 0.25) is 0 Å². The first kappa shape index (κ1) is 24.3. The number of rotatable bonds is 1. The van der Waals surface area contributed by atoms with Crippen LogP contribution in [0.4, 0.5) is 0 Å². The Bertz CT molecular complexity index is 836. The number of aliphatic hydroxyl groups is 2. The van der Waals surface area contributed by atoms with Crippen LogP contribution in [0.15, 0.2) is 11.1 Å². The Balaban J connectivity index is 1.56. The van der Waals surface area contributed by atoms with Crippen LogP contribution in [0.5, 0.6) is 0 Å². The molecule has 4 aliphatic carbocycles. The van der Waals surface area contributed by atoms with Crippen LogP contribution in [0.3, 0.4) is 0 Å². The average Bonchev–Trinajstić information content (AvgIpc) is 2.81. The van der Waals surface area contributed by atoms with Crippen molar-refractivity contribution in [2.45, 2.75) is 137 Å². The van der Waals surface area contributed by atoms with Crippen LogP contribution in [0.1, 0.15) is 113 Å². The summed E-state index contributed by atoms with van der Waals surface area (Å²) in [4.78, 5) is 0. The molecule has 0 aromatic rings. The molecule has 0 radical (unpaired) electrons. The lowest BCUT2D eigenvalue weighted by atomic mass is 9.43. The molecular formula is C30H50O3. The maximum atomic E-state index is 10.9. The van der Waals surface area contributed by atoms with E-state index in [0.717, 1.165) is 32.1 Å². The Labute approximate surface area is 202 Å². The van der Waals surface area contributed by atoms with Crippen LogP contribution in [0, 0.1) is 39.4 Å². The van der Waals surface area contributed by atoms with Gasteiger partial charge in [0.15, 0.2) is 0 Å². The Morgan fingerprint density at radius 1 is 0.909 bits per heavy atom. The zero-order valence-electron chi connectivity index (χ0n) is 22.6. The lowest BCUT2D eigenvalue weighted by molar-refractivity contribution is -0.126. The zero-order chi connectivity index (χ0) is 24.2. The topological polar surface area (TPSA) is 49.7 Å². The molecule has 2 saturated carbocycles. The largest absolute Gasteiger partial charge is 0.393 e. The predicted octanol–water partition coefficient (Wildman–Crippen LogP) is 6.66. The summed E-state index contributed by atoms with van der Waals surface area (Å²) in [5, 5.41) is 21.7. The molecule has 3 nitrogen and oxygen atoms in total. The first-order chi connectivity index (χ1) is 15.2. The normalized spacial score (nSPS) is 51.8. The van der Waals surface area contributed by atoms with Gasteiger partial charge in [-0.25, -0.2) is 0 Å². The summed E-state index contributed by atoms with van der Waals surface area (Å²) >= 11 is 0. The molecule has 33 heavy (non-hydrogen) atoms. The third-order valence-electron chi connectivity index (χ3n) is 12.4. The van der Waals surface area contributed by atoms with Gasteiger partial charge in [0.1, 0.15) is 0 Å². The van der Waals surface area contributed by atoms with E-state index in [1.165, 1.54) is 25.7 Å². The second kappa shape index (κ2) is 7.32. The molecule has 2 N–H and O–H groups in total. The second-order valence-electron chi connectivity index (χ2n) is 14.7. The molecule has 1 heterocycles. The summed E-state index contributed by atoms with van der Waals surface area (Å²) in [5.74, 6) is 1.77. The molecule has 0 unspecified atom stereocenters. The van der Waals surface area contributed by atoms with E-state index in [-0.39, 0.29) is 40.0 Å². The fourth-order valence-electron chi connectivity index (χ4n) is 10.3. The van der Waals surface area contributed by atoms with Gasteiger partial charge in [0.05, 0.1) is 23.9 Å². The monoisotopic (exact) mass is 458 g/mol. The number of aliphatic hydroxyl groups excluding tert-OH is 1. The van der Waals surface area contributed by atoms with Gasteiger partial charge in [-0.3, -0.25) is 0 Å². The van der Waals surface area contributed by atoms with Gasteiger partial charge < -0.3 is 14.9 Å². The highest BCUT2D eigenvalue weighted by molar-refractivity contribution is 5.39. The van der Waals surface area contributed by atoms with E-state index in [4.69, 9.17) is 4.74 Å². The van der Waals surface area contributed by atoms with Gasteiger partial charge in [-0.2, -0.15) is 0 Å². The van der Waals surface area contributed by atoms with Crippen molar-refractivity contribution in [1.82, 2.24) is 0 Å². The van der Waals surface area contributed by atoms with Crippen LogP contribution in [0.25, 0.3) is 0 Å². The van der Waals surface area contributed by atoms with Crippen molar-refractivity contribution in [3.63, 3.8) is 0 Å². The van der Waals surface area contributed by atoms with E-state index >= 15 is 0 Å². The summed E-state index contributed by atoms with van der Waals surface area (Å²) < 4.78 is 6.85. The smallest absolute Gasteiger partial charge is 0.0860 e. The molecule has 1 saturated heterocycles. The Kier molecular flexibility index (Phi) is 5.40. The fraction of sp³-hybridized carbons (Fsp3) is 0.933. The molecule has 1 aliphatic heterocycles. The minimum absolute atomic E-state index is 0.00762. The van der Waals surface area contributed by atoms with Gasteiger partial charge in [0, 0.05) is 0 Å². The van der Waals surface area contributed by atoms with Crippen LogP contribution >= 0.6 is 0 Å². The number of hydrogen-bond acceptors (Lipinski definition) is 3. The number of fused-ring (bicyclic) bond motifs is 6. The quantitative estimate of drug-likeness (QED) is 0.432. The third-order valence-corrected chi connectivity index (χ3v) is 12.4. The second-order valence-corrected chi connectivity index (χ2v) is 14.7. The summed E-state index contributed by atoms with van der Waals surface area (Å²) in [5.41, 5.74) is 3.42. The molecule has 5 rings (SSSR count). The van der Waals surface area contributed by atoms with Gasteiger partial charge in [-0.05, 0) is 111 Å². The number of ether oxygens (including phenoxy) is 1. The molecule has 0 bridgehead atoms. The SMILES string of the molecule is C[C@@H]1CC[C@H](C(C)(C)O)O[C@H]2C[C@@]3(C)C4=C(CC[C@]3(C)[C@@H]12)[C@@]1(C)CC[C@H](O)C(C)(C)[C@@H]1CC4. The van der Waals surface area contributed by atoms with Crippen LogP contribution in [0.2, 0.25) is 0 Å². The van der Waals surface area contributed by atoms with Crippen LogP contribution < -0.4 is 0 Å². The molecule has 3 fully saturated rings. The molecule has 0 aromatic heterocycles. The van der Waals surface area contributed by atoms with Gasteiger partial charge in [0.25, 0.3) is 0 Å². The van der Waals surface area contributed by atoms with Crippen molar-refractivity contribution in [3.8, 4) is 0 Å². The average molecular weight is 459 g/mol. The number of hydrogen-bond donors (Lipinski definition) is 2. The minimum atomic E-state index is -0.783. The summed E-state index contributed by atoms with van der Waals surface area (Å²) in [6, 6.07) is 0. The summed E-state index contributed by atoms with van der Waals surface area (Å²) in [6.07, 6.45) is 10.2. The Morgan fingerprint density at radius 2 is 1.61 bits per heavy atom. The fourth-order valence-corrected chi connectivity index (χ4v) is 10.3. The van der Waals surface area contributed by atoms with Gasteiger partial charge in [-0.15, -0.1) is 0 Å². The molecule has 188 valence electrons. The van der Waals surface area contributed by atoms with E-state index in [1.54, 1.807) is 11.1 Å². The van der Waals surface area contributed by atoms with Crippen LogP contribution in [-0.2, 0) is 4.74 Å². The highest BCUT2D eigenvalue weighted by atomic mass is 16.5. The molecule has 0 aromatic carbocycles. The number of allylic oxidation sites excluding steroid dienone is 2. The Hall–Kier alpha value is -0.380. The van der Waals surface area contributed by atoms with E-state index in [9.17, 15) is 10.2 Å². The molecular weight excluding hydrogens is 408 g/mol. The maximum Gasteiger partial charge on any atom is 0.0860 e. The third kappa shape index (κ3) is 3.17. The molecule has 0 amide bonds. The van der Waals surface area contributed by atoms with Crippen molar-refractivity contribution in [2.75, 3.05) is 0 Å². The molecule has 5 aliphatic rings. The first-order valence-electron chi connectivity index (χ1n) is 13.9. The predicted molar refractivity (Wildman–Crippen MR) is 134 cm³/mol. The van der Waals surface area contributed by atoms with Crippen LogP contribution in [-0.4, -0.2) is 34.1 Å². The summed E-state index contributed by atoms with van der Waals surface area (Å²) in [6.45, 7) is 18.7. The standard InChI is InChI=1S/C30H50O3/c1-18-9-12-24(27(4,5)32)33-21-17-30(8)20-10-11-22-26(2,3)23(31)14-15-28(22,6)19(20)13-16-29(30,7)25(18)21/h18,21-25,31-32H,9-17H2,1-8H3/t18-,21+,22+,23+,24-,25+,28-,29-,30+/m1/s1. The molecule has 9 atom stereocenters. The molecule has 3 heteroatoms. The highest BCUT2D eigenvalue weighted by Crippen LogP contribution is 2.73. The highest BCUT2D eigenvalue weighted by Gasteiger charge is 2.66. The van der Waals surface area contributed by atoms with Crippen molar-refractivity contribution in [2.24, 2.45) is 39.4 Å². The van der Waals surface area contributed by atoms with Gasteiger partial charge in [-0.1, -0.05) is 52.7 Å². The first-order valence-corrected chi connectivity index (χ1v) is 13.9. The summed E-state index contributed by atoms with van der Waals surface area (Å²) in [7, 11) is 0. The van der Waals surface area contributed by atoms with Crippen molar-refractivity contribution in [3.05, 3.63) is 11.1 Å². The lowest BCUT2D eigenvalue weighted by Crippen LogP contribution is -2.55. The maximum absolute atomic E-state index is 10.9. The van der Waals surface area contributed by atoms with Gasteiger partial charge >= 0.3 is 0 Å². The van der Waals surface area contributed by atoms with E-state index in [1.807, 2.05) is 13.8 Å². The zero-order valence-corrected chi connectivity index (χ0v) is 22.6. The van der Waals surface area contributed by atoms with Crippen molar-refractivity contribution in [1.29, 1.82) is 0 Å². The van der Waals surface area contributed by atoms with E-state index in [0.29, 0.717) is 17.8 Å². The van der Waals surface area contributed by atoms with Crippen molar-refractivity contribution < 1.29 is 14.9 Å². The van der Waals surface area contributed by atoms with Crippen molar-refractivity contribution >= 4 is 0 Å². The lowest BCUT2D eigenvalue weighted by Gasteiger charge is -2.62. The van der Waals surface area contributed by atoms with E-state index < -0.39 is 5.60 Å². The minimum Gasteiger partial charge on any atom is -0.393 e. The molecule has 0 spiro atoms. The van der Waals surface area contributed by atoms with E-state index in [2.05, 4.69) is 41.5 Å². The Morgan fingerprint density at radius 3 is 2.27 bits per heavy atom.